The molecule has 1 aliphatic carbocycles. The summed E-state index contributed by atoms with van der Waals surface area (Å²) in [7, 11) is 0.122. The SMILES string of the molecule is O=Pc1cccc2c1Cc1ccccc1-2. The lowest BCUT2D eigenvalue weighted by molar-refractivity contribution is 0.603. The maximum Gasteiger partial charge on any atom is 0.192 e. The number of rotatable bonds is 1. The van der Waals surface area contributed by atoms with Crippen molar-refractivity contribution >= 4 is 13.8 Å². The summed E-state index contributed by atoms with van der Waals surface area (Å²) in [5.74, 6) is 0. The Morgan fingerprint density at radius 3 is 2.60 bits per heavy atom. The number of hydrogen-bond acceptors (Lipinski definition) is 1. The van der Waals surface area contributed by atoms with E-state index in [0.29, 0.717) is 0 Å². The lowest BCUT2D eigenvalue weighted by Gasteiger charge is -2.00. The molecule has 0 atom stereocenters. The van der Waals surface area contributed by atoms with Crippen molar-refractivity contribution in [2.45, 2.75) is 6.42 Å². The smallest absolute Gasteiger partial charge is 0.192 e. The van der Waals surface area contributed by atoms with Crippen LogP contribution in [0.5, 0.6) is 0 Å². The summed E-state index contributed by atoms with van der Waals surface area (Å²) in [6.45, 7) is 0. The molecule has 0 unspecified atom stereocenters. The van der Waals surface area contributed by atoms with E-state index < -0.39 is 0 Å². The van der Waals surface area contributed by atoms with Crippen molar-refractivity contribution in [3.63, 3.8) is 0 Å². The minimum absolute atomic E-state index is 0.122. The monoisotopic (exact) mass is 212 g/mol. The molecule has 1 aliphatic rings. The van der Waals surface area contributed by atoms with Crippen LogP contribution in [0.4, 0.5) is 0 Å². The van der Waals surface area contributed by atoms with Crippen molar-refractivity contribution in [2.75, 3.05) is 0 Å². The van der Waals surface area contributed by atoms with Gasteiger partial charge in [0, 0.05) is 5.30 Å². The van der Waals surface area contributed by atoms with E-state index in [1.165, 1.54) is 22.3 Å². The summed E-state index contributed by atoms with van der Waals surface area (Å²) < 4.78 is 11.0. The third-order valence-electron chi connectivity index (χ3n) is 2.92. The summed E-state index contributed by atoms with van der Waals surface area (Å²) in [6.07, 6.45) is 0.914. The van der Waals surface area contributed by atoms with Crippen LogP contribution in [-0.2, 0) is 11.0 Å². The van der Waals surface area contributed by atoms with E-state index in [2.05, 4.69) is 30.3 Å². The maximum absolute atomic E-state index is 11.0. The third kappa shape index (κ3) is 1.24. The van der Waals surface area contributed by atoms with E-state index in [1.54, 1.807) is 0 Å². The summed E-state index contributed by atoms with van der Waals surface area (Å²) in [5, 5.41) is 0.920. The second-order valence-corrected chi connectivity index (χ2v) is 4.39. The third-order valence-corrected chi connectivity index (χ3v) is 3.54. The quantitative estimate of drug-likeness (QED) is 0.566. The Morgan fingerprint density at radius 2 is 1.73 bits per heavy atom. The lowest BCUT2D eigenvalue weighted by atomic mass is 10.1. The van der Waals surface area contributed by atoms with Gasteiger partial charge in [0.1, 0.15) is 0 Å². The molecule has 3 rings (SSSR count). The summed E-state index contributed by atoms with van der Waals surface area (Å²) in [6, 6.07) is 14.4. The molecule has 0 N–H and O–H groups in total. The van der Waals surface area contributed by atoms with Gasteiger partial charge < -0.3 is 0 Å². The van der Waals surface area contributed by atoms with Gasteiger partial charge in [-0.15, -0.1) is 0 Å². The Kier molecular flexibility index (Phi) is 1.93. The molecular weight excluding hydrogens is 203 g/mol. The zero-order valence-electron chi connectivity index (χ0n) is 8.10. The molecule has 2 aromatic rings. The van der Waals surface area contributed by atoms with Gasteiger partial charge in [0.15, 0.2) is 8.46 Å². The van der Waals surface area contributed by atoms with Gasteiger partial charge in [0.2, 0.25) is 0 Å². The minimum atomic E-state index is 0.122. The van der Waals surface area contributed by atoms with Gasteiger partial charge in [-0.3, -0.25) is 4.57 Å². The fourth-order valence-corrected chi connectivity index (χ4v) is 2.68. The highest BCUT2D eigenvalue weighted by Crippen LogP contribution is 2.35. The van der Waals surface area contributed by atoms with Crippen molar-refractivity contribution in [3.05, 3.63) is 53.6 Å². The first-order valence-corrected chi connectivity index (χ1v) is 5.75. The largest absolute Gasteiger partial charge is 0.269 e. The minimum Gasteiger partial charge on any atom is -0.269 e. The standard InChI is InChI=1S/C13H9OP/c14-15-13-7-3-6-11-10-5-2-1-4-9(10)8-12(11)13/h1-7H,8H2. The van der Waals surface area contributed by atoms with Crippen molar-refractivity contribution in [1.29, 1.82) is 0 Å². The molecular formula is C13H9OP. The van der Waals surface area contributed by atoms with Gasteiger partial charge in [0.05, 0.1) is 0 Å². The molecule has 0 heterocycles. The number of benzene rings is 2. The van der Waals surface area contributed by atoms with E-state index in [-0.39, 0.29) is 8.46 Å². The van der Waals surface area contributed by atoms with Gasteiger partial charge >= 0.3 is 0 Å². The molecule has 0 amide bonds. The molecule has 0 aliphatic heterocycles. The maximum atomic E-state index is 11.0. The van der Waals surface area contributed by atoms with E-state index in [9.17, 15) is 4.57 Å². The van der Waals surface area contributed by atoms with Gasteiger partial charge in [-0.1, -0.05) is 36.4 Å². The molecule has 72 valence electrons. The van der Waals surface area contributed by atoms with Crippen LogP contribution >= 0.6 is 8.46 Å². The fourth-order valence-electron chi connectivity index (χ4n) is 2.23. The molecule has 0 fully saturated rings. The van der Waals surface area contributed by atoms with Crippen molar-refractivity contribution in [2.24, 2.45) is 0 Å². The van der Waals surface area contributed by atoms with Crippen LogP contribution < -0.4 is 5.30 Å². The van der Waals surface area contributed by atoms with E-state index >= 15 is 0 Å². The fraction of sp³-hybridized carbons (Fsp3) is 0.0769. The van der Waals surface area contributed by atoms with Crippen LogP contribution in [0.1, 0.15) is 11.1 Å². The first kappa shape index (κ1) is 8.82. The number of hydrogen-bond donors (Lipinski definition) is 0. The van der Waals surface area contributed by atoms with Crippen LogP contribution in [0.2, 0.25) is 0 Å². The summed E-state index contributed by atoms with van der Waals surface area (Å²) in [4.78, 5) is 0. The predicted octanol–water partition coefficient (Wildman–Crippen LogP) is 3.17. The molecule has 15 heavy (non-hydrogen) atoms. The second kappa shape index (κ2) is 3.29. The van der Waals surface area contributed by atoms with Crippen LogP contribution in [0.25, 0.3) is 11.1 Å². The molecule has 2 aromatic carbocycles. The summed E-state index contributed by atoms with van der Waals surface area (Å²) >= 11 is 0. The average Bonchev–Trinajstić information content (AvgIpc) is 2.67. The van der Waals surface area contributed by atoms with Gasteiger partial charge in [-0.05, 0) is 34.7 Å². The molecule has 0 radical (unpaired) electrons. The second-order valence-electron chi connectivity index (χ2n) is 3.73. The lowest BCUT2D eigenvalue weighted by Crippen LogP contribution is -1.99. The Labute approximate surface area is 90.0 Å². The van der Waals surface area contributed by atoms with Crippen molar-refractivity contribution < 1.29 is 4.57 Å². The van der Waals surface area contributed by atoms with Gasteiger partial charge in [0.25, 0.3) is 0 Å². The van der Waals surface area contributed by atoms with E-state index in [4.69, 9.17) is 0 Å². The zero-order chi connectivity index (χ0) is 10.3. The Hall–Kier alpha value is -1.46. The highest BCUT2D eigenvalue weighted by Gasteiger charge is 2.19. The van der Waals surface area contributed by atoms with E-state index in [0.717, 1.165) is 11.7 Å². The normalized spacial score (nSPS) is 12.5. The van der Waals surface area contributed by atoms with Gasteiger partial charge in [-0.25, -0.2) is 0 Å². The zero-order valence-corrected chi connectivity index (χ0v) is 9.00. The Morgan fingerprint density at radius 1 is 0.933 bits per heavy atom. The molecule has 0 saturated heterocycles. The molecule has 0 spiro atoms. The molecule has 0 aromatic heterocycles. The predicted molar refractivity (Wildman–Crippen MR) is 61.9 cm³/mol. The molecule has 0 saturated carbocycles. The molecule has 2 heteroatoms. The van der Waals surface area contributed by atoms with Crippen LogP contribution in [0.3, 0.4) is 0 Å². The highest BCUT2D eigenvalue weighted by molar-refractivity contribution is 7.34. The van der Waals surface area contributed by atoms with Crippen LogP contribution in [-0.4, -0.2) is 0 Å². The van der Waals surface area contributed by atoms with Crippen LogP contribution in [0, 0.1) is 0 Å². The molecule has 1 nitrogen and oxygen atoms in total. The van der Waals surface area contributed by atoms with Crippen LogP contribution in [0.15, 0.2) is 42.5 Å². The van der Waals surface area contributed by atoms with Crippen molar-refractivity contribution in [1.82, 2.24) is 0 Å². The first-order valence-electron chi connectivity index (χ1n) is 4.93. The Bertz CT molecular complexity index is 546. The number of fused-ring (bicyclic) bond motifs is 3. The highest BCUT2D eigenvalue weighted by atomic mass is 31.1. The first-order chi connectivity index (χ1) is 7.40. The Balaban J connectivity index is 2.30. The molecule has 0 bridgehead atoms. The summed E-state index contributed by atoms with van der Waals surface area (Å²) in [5.41, 5.74) is 5.09. The topological polar surface area (TPSA) is 17.1 Å². The van der Waals surface area contributed by atoms with E-state index in [1.807, 2.05) is 12.1 Å². The average molecular weight is 212 g/mol. The van der Waals surface area contributed by atoms with Crippen molar-refractivity contribution in [3.8, 4) is 11.1 Å². The van der Waals surface area contributed by atoms with Gasteiger partial charge in [-0.2, -0.15) is 0 Å².